The maximum Gasteiger partial charge on any atom is 0.0945 e. The van der Waals surface area contributed by atoms with Crippen LogP contribution in [0.25, 0.3) is 0 Å². The molecule has 68 valence electrons. The van der Waals surface area contributed by atoms with Crippen LogP contribution in [-0.4, -0.2) is 12.8 Å². The van der Waals surface area contributed by atoms with Crippen LogP contribution >= 0.6 is 0 Å². The molecule has 0 saturated heterocycles. The van der Waals surface area contributed by atoms with Gasteiger partial charge in [-0.2, -0.15) is 0 Å². The van der Waals surface area contributed by atoms with Gasteiger partial charge in [0.15, 0.2) is 0 Å². The summed E-state index contributed by atoms with van der Waals surface area (Å²) in [7, 11) is 1.94. The second-order valence-electron chi connectivity index (χ2n) is 2.97. The first-order chi connectivity index (χ1) is 6.24. The predicted molar refractivity (Wildman–Crippen MR) is 55.0 cm³/mol. The highest BCUT2D eigenvalue weighted by Gasteiger charge is 1.95. The molecule has 3 N–H and O–H groups in total. The molecule has 2 nitrogen and oxygen atoms in total. The fraction of sp³-hybridized carbons (Fsp3) is 0.182. The van der Waals surface area contributed by atoms with Crippen molar-refractivity contribution in [2.45, 2.75) is 6.92 Å². The van der Waals surface area contributed by atoms with Crippen molar-refractivity contribution < 1.29 is 5.32 Å². The third kappa shape index (κ3) is 2.84. The molecule has 0 bridgehead atoms. The van der Waals surface area contributed by atoms with E-state index in [0.717, 1.165) is 5.56 Å². The molecule has 1 aromatic carbocycles. The van der Waals surface area contributed by atoms with Gasteiger partial charge in [0.05, 0.1) is 19.0 Å². The average Bonchev–Trinajstić information content (AvgIpc) is 2.15. The molecule has 0 spiro atoms. The van der Waals surface area contributed by atoms with Gasteiger partial charge in [0.2, 0.25) is 0 Å². The summed E-state index contributed by atoms with van der Waals surface area (Å²) in [6.07, 6.45) is 3.67. The number of benzene rings is 1. The molecule has 13 heavy (non-hydrogen) atoms. The maximum atomic E-state index is 7.70. The van der Waals surface area contributed by atoms with Crippen LogP contribution < -0.4 is 5.32 Å². The Morgan fingerprint density at radius 3 is 2.46 bits per heavy atom. The third-order valence-corrected chi connectivity index (χ3v) is 1.82. The van der Waals surface area contributed by atoms with Gasteiger partial charge < -0.3 is 10.7 Å². The Morgan fingerprint density at radius 2 is 1.92 bits per heavy atom. The number of nitrogens with one attached hydrogen (secondary N) is 1. The molecule has 0 amide bonds. The Kier molecular flexibility index (Phi) is 3.41. The van der Waals surface area contributed by atoms with E-state index in [1.165, 1.54) is 5.56 Å². The zero-order valence-electron chi connectivity index (χ0n) is 8.04. The lowest BCUT2D eigenvalue weighted by atomic mass is 10.1. The van der Waals surface area contributed by atoms with Crippen molar-refractivity contribution in [3.63, 3.8) is 0 Å². The van der Waals surface area contributed by atoms with Crippen molar-refractivity contribution in [1.29, 1.82) is 5.41 Å². The monoisotopic (exact) mass is 175 g/mol. The summed E-state index contributed by atoms with van der Waals surface area (Å²) in [6.45, 7) is 2.04. The lowest BCUT2D eigenvalue weighted by Gasteiger charge is -1.98. The fourth-order valence-electron chi connectivity index (χ4n) is 1.02. The Balaban J connectivity index is 2.78. The van der Waals surface area contributed by atoms with E-state index in [2.05, 4.69) is 0 Å². The van der Waals surface area contributed by atoms with Crippen LogP contribution in [0.5, 0.6) is 0 Å². The Morgan fingerprint density at radius 1 is 1.31 bits per heavy atom. The molecule has 1 rings (SSSR count). The highest BCUT2D eigenvalue weighted by molar-refractivity contribution is 6.06. The van der Waals surface area contributed by atoms with Gasteiger partial charge >= 0.3 is 0 Å². The first-order valence-corrected chi connectivity index (χ1v) is 4.35. The van der Waals surface area contributed by atoms with Crippen molar-refractivity contribution in [3.8, 4) is 0 Å². The Labute approximate surface area is 78.8 Å². The highest BCUT2D eigenvalue weighted by Crippen LogP contribution is 2.03. The second kappa shape index (κ2) is 4.58. The highest BCUT2D eigenvalue weighted by atomic mass is 14.8. The molecule has 2 heteroatoms. The van der Waals surface area contributed by atoms with Crippen LogP contribution in [-0.2, 0) is 0 Å². The zero-order valence-corrected chi connectivity index (χ0v) is 8.04. The minimum Gasteiger partial charge on any atom is -0.322 e. The van der Waals surface area contributed by atoms with Gasteiger partial charge in [-0.1, -0.05) is 29.8 Å². The van der Waals surface area contributed by atoms with E-state index in [1.54, 1.807) is 6.08 Å². The molecule has 0 aliphatic carbocycles. The van der Waals surface area contributed by atoms with Crippen LogP contribution in [0, 0.1) is 12.3 Å². The van der Waals surface area contributed by atoms with Crippen molar-refractivity contribution in [2.24, 2.45) is 0 Å². The molecule has 0 aliphatic rings. The van der Waals surface area contributed by atoms with Crippen LogP contribution in [0.3, 0.4) is 0 Å². The molecule has 0 unspecified atom stereocenters. The predicted octanol–water partition coefficient (Wildman–Crippen LogP) is 1.07. The number of rotatable bonds is 3. The average molecular weight is 175 g/mol. The maximum absolute atomic E-state index is 7.70. The van der Waals surface area contributed by atoms with E-state index in [1.807, 2.05) is 49.8 Å². The first kappa shape index (κ1) is 9.68. The van der Waals surface area contributed by atoms with E-state index in [9.17, 15) is 0 Å². The van der Waals surface area contributed by atoms with Crippen molar-refractivity contribution >= 4 is 5.71 Å². The van der Waals surface area contributed by atoms with E-state index in [-0.39, 0.29) is 0 Å². The number of allylic oxidation sites excluding steroid dienone is 1. The van der Waals surface area contributed by atoms with Crippen molar-refractivity contribution in [1.82, 2.24) is 0 Å². The molecular formula is C11H15N2+. The van der Waals surface area contributed by atoms with E-state index in [0.29, 0.717) is 5.71 Å². The molecule has 0 radical (unpaired) electrons. The SMILES string of the molecule is C[NH2+]/C=C\C(=N)c1ccc(C)cc1. The Bertz CT molecular complexity index is 309. The summed E-state index contributed by atoms with van der Waals surface area (Å²) in [5, 5.41) is 9.62. The van der Waals surface area contributed by atoms with E-state index in [4.69, 9.17) is 5.41 Å². The summed E-state index contributed by atoms with van der Waals surface area (Å²) in [6, 6.07) is 7.98. The lowest BCUT2D eigenvalue weighted by Crippen LogP contribution is -2.72. The van der Waals surface area contributed by atoms with Gasteiger partial charge in [0.25, 0.3) is 0 Å². The number of hydrogen-bond donors (Lipinski definition) is 2. The molecule has 0 aliphatic heterocycles. The first-order valence-electron chi connectivity index (χ1n) is 4.35. The summed E-state index contributed by atoms with van der Waals surface area (Å²) < 4.78 is 0. The summed E-state index contributed by atoms with van der Waals surface area (Å²) in [5.74, 6) is 0. The minimum atomic E-state index is 0.554. The normalized spacial score (nSPS) is 10.6. The summed E-state index contributed by atoms with van der Waals surface area (Å²) in [4.78, 5) is 0. The molecule has 0 aromatic heterocycles. The number of aryl methyl sites for hydroxylation is 1. The Hall–Kier alpha value is -1.41. The summed E-state index contributed by atoms with van der Waals surface area (Å²) >= 11 is 0. The van der Waals surface area contributed by atoms with Crippen molar-refractivity contribution in [2.75, 3.05) is 7.05 Å². The van der Waals surface area contributed by atoms with Gasteiger partial charge in [0.1, 0.15) is 0 Å². The lowest BCUT2D eigenvalue weighted by molar-refractivity contribution is -0.556. The van der Waals surface area contributed by atoms with Crippen LogP contribution in [0.15, 0.2) is 36.5 Å². The quantitative estimate of drug-likeness (QED) is 0.645. The number of hydrogen-bond acceptors (Lipinski definition) is 1. The molecule has 0 atom stereocenters. The van der Waals surface area contributed by atoms with Gasteiger partial charge in [0, 0.05) is 6.08 Å². The van der Waals surface area contributed by atoms with Gasteiger partial charge in [-0.05, 0) is 12.5 Å². The number of quaternary nitrogens is 1. The minimum absolute atomic E-state index is 0.554. The van der Waals surface area contributed by atoms with Gasteiger partial charge in [-0.25, -0.2) is 0 Å². The van der Waals surface area contributed by atoms with Gasteiger partial charge in [-0.3, -0.25) is 0 Å². The molecule has 0 heterocycles. The number of nitrogens with two attached hydrogens (primary N) is 1. The van der Waals surface area contributed by atoms with Gasteiger partial charge in [-0.15, -0.1) is 0 Å². The smallest absolute Gasteiger partial charge is 0.0945 e. The van der Waals surface area contributed by atoms with E-state index >= 15 is 0 Å². The largest absolute Gasteiger partial charge is 0.322 e. The standard InChI is InChI=1S/C11H14N2/c1-9-3-5-10(6-4-9)11(12)7-8-13-2/h3-8,12-13H,1-2H3/p+1/b8-7-,12-11?. The van der Waals surface area contributed by atoms with Crippen LogP contribution in [0.1, 0.15) is 11.1 Å². The summed E-state index contributed by atoms with van der Waals surface area (Å²) in [5.41, 5.74) is 2.74. The van der Waals surface area contributed by atoms with Crippen molar-refractivity contribution in [3.05, 3.63) is 47.7 Å². The van der Waals surface area contributed by atoms with E-state index < -0.39 is 0 Å². The third-order valence-electron chi connectivity index (χ3n) is 1.82. The molecule has 0 saturated carbocycles. The zero-order chi connectivity index (χ0) is 9.68. The molecule has 0 fully saturated rings. The van der Waals surface area contributed by atoms with Crippen LogP contribution in [0.4, 0.5) is 0 Å². The topological polar surface area (TPSA) is 40.5 Å². The second-order valence-corrected chi connectivity index (χ2v) is 2.97. The molecule has 1 aromatic rings. The molecular weight excluding hydrogens is 160 g/mol. The fourth-order valence-corrected chi connectivity index (χ4v) is 1.02. The van der Waals surface area contributed by atoms with Crippen LogP contribution in [0.2, 0.25) is 0 Å².